The number of fused-ring (bicyclic) bond motifs is 1. The normalized spacial score (nSPS) is 22.4. The van der Waals surface area contributed by atoms with E-state index in [1.54, 1.807) is 18.2 Å². The summed E-state index contributed by atoms with van der Waals surface area (Å²) in [4.78, 5) is 10.8. The Labute approximate surface area is 93.2 Å². The van der Waals surface area contributed by atoms with Gasteiger partial charge in [0, 0.05) is 5.69 Å². The van der Waals surface area contributed by atoms with Crippen molar-refractivity contribution in [2.75, 3.05) is 11.9 Å². The number of hydrogen-bond donors (Lipinski definition) is 3. The molecule has 0 aromatic heterocycles. The molecule has 84 valence electrons. The summed E-state index contributed by atoms with van der Waals surface area (Å²) in [6, 6.07) is 4.87. The monoisotopic (exact) mass is 219 g/mol. The topological polar surface area (TPSA) is 69.6 Å². The first-order valence-corrected chi connectivity index (χ1v) is 5.00. The maximum atomic E-state index is 10.8. The second kappa shape index (κ2) is 3.64. The van der Waals surface area contributed by atoms with Crippen LogP contribution in [0.1, 0.15) is 22.8 Å². The number of carboxylic acid groups (broad SMARTS) is 1. The number of nitrogens with one attached hydrogen (secondary N) is 1. The van der Waals surface area contributed by atoms with Crippen molar-refractivity contribution in [3.05, 3.63) is 35.4 Å². The summed E-state index contributed by atoms with van der Waals surface area (Å²) in [6.07, 6.45) is 3.66. The van der Waals surface area contributed by atoms with Crippen LogP contribution < -0.4 is 5.32 Å². The van der Waals surface area contributed by atoms with Crippen molar-refractivity contribution in [2.45, 2.75) is 12.5 Å². The number of carboxylic acids is 1. The number of aromatic carboxylic acids is 1. The van der Waals surface area contributed by atoms with Gasteiger partial charge in [-0.3, -0.25) is 0 Å². The third-order valence-corrected chi connectivity index (χ3v) is 2.68. The Balaban J connectivity index is 2.40. The molecule has 1 aliphatic rings. The third kappa shape index (κ3) is 1.79. The molecule has 0 amide bonds. The van der Waals surface area contributed by atoms with E-state index in [2.05, 4.69) is 5.32 Å². The van der Waals surface area contributed by atoms with Gasteiger partial charge in [0.15, 0.2) is 0 Å². The molecule has 1 unspecified atom stereocenters. The van der Waals surface area contributed by atoms with Gasteiger partial charge < -0.3 is 15.5 Å². The van der Waals surface area contributed by atoms with Crippen LogP contribution in [0.25, 0.3) is 6.08 Å². The highest BCUT2D eigenvalue weighted by atomic mass is 16.4. The van der Waals surface area contributed by atoms with E-state index in [4.69, 9.17) is 5.11 Å². The summed E-state index contributed by atoms with van der Waals surface area (Å²) in [5.74, 6) is -0.938. The maximum absolute atomic E-state index is 10.8. The van der Waals surface area contributed by atoms with Crippen LogP contribution in [0.15, 0.2) is 24.3 Å². The van der Waals surface area contributed by atoms with Crippen LogP contribution in [0.3, 0.4) is 0 Å². The number of benzene rings is 1. The van der Waals surface area contributed by atoms with Crippen molar-refractivity contribution >= 4 is 17.7 Å². The van der Waals surface area contributed by atoms with E-state index in [9.17, 15) is 9.90 Å². The zero-order valence-electron chi connectivity index (χ0n) is 8.90. The van der Waals surface area contributed by atoms with Gasteiger partial charge in [0.2, 0.25) is 0 Å². The molecule has 0 spiro atoms. The lowest BCUT2D eigenvalue weighted by atomic mass is 9.95. The molecule has 0 aliphatic carbocycles. The molecule has 1 aromatic carbocycles. The fourth-order valence-corrected chi connectivity index (χ4v) is 1.66. The molecule has 1 aromatic rings. The molecule has 1 atom stereocenters. The Morgan fingerprint density at radius 2 is 2.25 bits per heavy atom. The number of aliphatic hydroxyl groups is 1. The zero-order chi connectivity index (χ0) is 11.8. The largest absolute Gasteiger partial charge is 0.478 e. The molecule has 0 bridgehead atoms. The Hall–Kier alpha value is -1.81. The van der Waals surface area contributed by atoms with Crippen LogP contribution in [-0.4, -0.2) is 28.3 Å². The fraction of sp³-hybridized carbons (Fsp3) is 0.250. The highest BCUT2D eigenvalue weighted by Gasteiger charge is 2.24. The molecule has 1 aliphatic heterocycles. The van der Waals surface area contributed by atoms with Crippen LogP contribution in [-0.2, 0) is 0 Å². The summed E-state index contributed by atoms with van der Waals surface area (Å²) in [6.45, 7) is 1.86. The molecule has 4 nitrogen and oxygen atoms in total. The van der Waals surface area contributed by atoms with Crippen molar-refractivity contribution in [3.63, 3.8) is 0 Å². The van der Waals surface area contributed by atoms with Gasteiger partial charge in [-0.2, -0.15) is 0 Å². The van der Waals surface area contributed by atoms with Crippen molar-refractivity contribution in [1.29, 1.82) is 0 Å². The first-order valence-electron chi connectivity index (χ1n) is 5.00. The molecule has 3 N–H and O–H groups in total. The van der Waals surface area contributed by atoms with Crippen molar-refractivity contribution in [3.8, 4) is 0 Å². The minimum Gasteiger partial charge on any atom is -0.478 e. The van der Waals surface area contributed by atoms with Crippen molar-refractivity contribution in [1.82, 2.24) is 0 Å². The molecule has 16 heavy (non-hydrogen) atoms. The van der Waals surface area contributed by atoms with Gasteiger partial charge in [0.25, 0.3) is 0 Å². The predicted octanol–water partition coefficient (Wildman–Crippen LogP) is 1.57. The number of carbonyl (C=O) groups is 1. The summed E-state index contributed by atoms with van der Waals surface area (Å²) in [7, 11) is 0. The molecule has 0 saturated heterocycles. The number of rotatable bonds is 2. The second-order valence-corrected chi connectivity index (χ2v) is 4.14. The maximum Gasteiger partial charge on any atom is 0.335 e. The lowest BCUT2D eigenvalue weighted by molar-refractivity contribution is 0.0697. The smallest absolute Gasteiger partial charge is 0.335 e. The minimum atomic E-state index is -0.938. The van der Waals surface area contributed by atoms with Gasteiger partial charge in [-0.05, 0) is 30.7 Å². The van der Waals surface area contributed by atoms with Gasteiger partial charge in [0.05, 0.1) is 17.7 Å². The third-order valence-electron chi connectivity index (χ3n) is 2.68. The quantitative estimate of drug-likeness (QED) is 0.706. The van der Waals surface area contributed by atoms with E-state index in [-0.39, 0.29) is 12.2 Å². The molecule has 0 fully saturated rings. The molecular formula is C12H13NO3. The van der Waals surface area contributed by atoms with Crippen LogP contribution in [0.4, 0.5) is 5.69 Å². The van der Waals surface area contributed by atoms with Crippen molar-refractivity contribution < 1.29 is 15.0 Å². The van der Waals surface area contributed by atoms with Gasteiger partial charge in [-0.15, -0.1) is 0 Å². The Bertz CT molecular complexity index is 467. The number of anilines is 1. The molecule has 1 heterocycles. The van der Waals surface area contributed by atoms with Crippen LogP contribution in [0, 0.1) is 0 Å². The standard InChI is InChI=1S/C12H13NO3/c1-12(7-14)5-4-8-6-9(11(15)16)2-3-10(8)13-12/h2-6,13-14H,7H2,1H3,(H,15,16). The highest BCUT2D eigenvalue weighted by Crippen LogP contribution is 2.28. The number of hydrogen-bond acceptors (Lipinski definition) is 3. The van der Waals surface area contributed by atoms with E-state index in [1.807, 2.05) is 19.1 Å². The Morgan fingerprint density at radius 1 is 1.50 bits per heavy atom. The summed E-state index contributed by atoms with van der Waals surface area (Å²) in [5.41, 5.74) is 1.45. The second-order valence-electron chi connectivity index (χ2n) is 4.14. The summed E-state index contributed by atoms with van der Waals surface area (Å²) >= 11 is 0. The molecular weight excluding hydrogens is 206 g/mol. The van der Waals surface area contributed by atoms with Crippen LogP contribution in [0.5, 0.6) is 0 Å². The lowest BCUT2D eigenvalue weighted by Crippen LogP contribution is -2.38. The zero-order valence-corrected chi connectivity index (χ0v) is 8.90. The van der Waals surface area contributed by atoms with Crippen molar-refractivity contribution in [2.24, 2.45) is 0 Å². The average molecular weight is 219 g/mol. The van der Waals surface area contributed by atoms with E-state index in [0.29, 0.717) is 0 Å². The summed E-state index contributed by atoms with van der Waals surface area (Å²) in [5, 5.41) is 21.2. The molecule has 4 heteroatoms. The first-order chi connectivity index (χ1) is 7.54. The van der Waals surface area contributed by atoms with Gasteiger partial charge in [-0.25, -0.2) is 4.79 Å². The van der Waals surface area contributed by atoms with Crippen LogP contribution in [0.2, 0.25) is 0 Å². The van der Waals surface area contributed by atoms with E-state index in [0.717, 1.165) is 11.3 Å². The lowest BCUT2D eigenvalue weighted by Gasteiger charge is -2.30. The average Bonchev–Trinajstić information content (AvgIpc) is 2.28. The van der Waals surface area contributed by atoms with E-state index < -0.39 is 11.5 Å². The SMILES string of the molecule is CC1(CO)C=Cc2cc(C(=O)O)ccc2N1. The Kier molecular flexibility index (Phi) is 2.44. The predicted molar refractivity (Wildman–Crippen MR) is 61.5 cm³/mol. The summed E-state index contributed by atoms with van der Waals surface area (Å²) < 4.78 is 0. The molecule has 2 rings (SSSR count). The highest BCUT2D eigenvalue weighted by molar-refractivity contribution is 5.90. The fourth-order valence-electron chi connectivity index (χ4n) is 1.66. The van der Waals surface area contributed by atoms with Crippen LogP contribution >= 0.6 is 0 Å². The molecule has 0 saturated carbocycles. The van der Waals surface area contributed by atoms with Gasteiger partial charge >= 0.3 is 5.97 Å². The number of aliphatic hydroxyl groups excluding tert-OH is 1. The van der Waals surface area contributed by atoms with E-state index in [1.165, 1.54) is 0 Å². The van der Waals surface area contributed by atoms with Gasteiger partial charge in [0.1, 0.15) is 0 Å². The first kappa shape index (κ1) is 10.7. The van der Waals surface area contributed by atoms with Gasteiger partial charge in [-0.1, -0.05) is 12.2 Å². The van der Waals surface area contributed by atoms with E-state index >= 15 is 0 Å². The molecule has 0 radical (unpaired) electrons. The minimum absolute atomic E-state index is 0.0103. The Morgan fingerprint density at radius 3 is 2.88 bits per heavy atom.